The van der Waals surface area contributed by atoms with Crippen LogP contribution < -0.4 is 0 Å². The van der Waals surface area contributed by atoms with E-state index in [1.54, 1.807) is 0 Å². The zero-order chi connectivity index (χ0) is 9.00. The Morgan fingerprint density at radius 1 is 1.00 bits per heavy atom. The van der Waals surface area contributed by atoms with Crippen LogP contribution in [0.3, 0.4) is 0 Å². The molecule has 0 aliphatic heterocycles. The first-order valence-corrected chi connectivity index (χ1v) is 4.35. The van der Waals surface area contributed by atoms with Gasteiger partial charge in [0.05, 0.1) is 0 Å². The fraction of sp³-hybridized carbons (Fsp3) is 0. The van der Waals surface area contributed by atoms with E-state index in [2.05, 4.69) is 0 Å². The van der Waals surface area contributed by atoms with Gasteiger partial charge in [-0.15, -0.1) is 0 Å². The first kappa shape index (κ1) is 29.2. The van der Waals surface area contributed by atoms with Crippen LogP contribution in [0.15, 0.2) is 0 Å². The molecule has 0 aromatic carbocycles. The van der Waals surface area contributed by atoms with E-state index in [9.17, 15) is 0 Å². The van der Waals surface area contributed by atoms with Gasteiger partial charge in [0.15, 0.2) is 0 Å². The van der Waals surface area contributed by atoms with Gasteiger partial charge >= 0.3 is 45.6 Å². The Morgan fingerprint density at radius 2 is 1.00 bits per heavy atom. The van der Waals surface area contributed by atoms with E-state index in [1.807, 2.05) is 0 Å². The third kappa shape index (κ3) is 1220. The Bertz CT molecular complexity index is 193. The summed E-state index contributed by atoms with van der Waals surface area (Å²) in [6.45, 7) is 0. The SMILES string of the molecule is O.O.O=P(O)(O)O.O=S(=O)([O-])[O-].[Ca+2]. The normalized spacial score (nSPS) is 9.00. The van der Waals surface area contributed by atoms with Gasteiger partial charge in [0.1, 0.15) is 0 Å². The summed E-state index contributed by atoms with van der Waals surface area (Å²) in [5.41, 5.74) is 0. The van der Waals surface area contributed by atoms with Crippen LogP contribution in [0.25, 0.3) is 0 Å². The van der Waals surface area contributed by atoms with E-state index in [1.165, 1.54) is 0 Å². The molecular formula is H7CaO10PS. The van der Waals surface area contributed by atoms with Gasteiger partial charge in [-0.2, -0.15) is 0 Å². The van der Waals surface area contributed by atoms with E-state index in [0.717, 1.165) is 0 Å². The molecular weight excluding hydrogens is 263 g/mol. The minimum absolute atomic E-state index is 0. The van der Waals surface area contributed by atoms with Crippen LogP contribution in [0.2, 0.25) is 0 Å². The summed E-state index contributed by atoms with van der Waals surface area (Å²) in [7, 11) is -9.81. The summed E-state index contributed by atoms with van der Waals surface area (Å²) in [5.74, 6) is 0. The van der Waals surface area contributed by atoms with Gasteiger partial charge in [0, 0.05) is 10.4 Å². The summed E-state index contributed by atoms with van der Waals surface area (Å²) in [5, 5.41) is 0. The zero-order valence-electron chi connectivity index (χ0n) is 5.95. The van der Waals surface area contributed by atoms with Gasteiger partial charge in [0.2, 0.25) is 0 Å². The predicted molar refractivity (Wildman–Crippen MR) is 37.7 cm³/mol. The van der Waals surface area contributed by atoms with Crippen LogP contribution in [0.5, 0.6) is 0 Å². The number of phosphoric acid groups is 1. The molecule has 0 radical (unpaired) electrons. The molecule has 0 bridgehead atoms. The second-order valence-corrected chi connectivity index (χ2v) is 2.76. The molecule has 0 unspecified atom stereocenters. The summed E-state index contributed by atoms with van der Waals surface area (Å²) < 4.78 is 43.0. The molecule has 0 atom stereocenters. The minimum Gasteiger partial charge on any atom is -0.759 e. The molecule has 0 saturated heterocycles. The summed E-state index contributed by atoms with van der Waals surface area (Å²) in [6, 6.07) is 0. The Morgan fingerprint density at radius 3 is 1.00 bits per heavy atom. The zero-order valence-corrected chi connectivity index (χ0v) is 9.86. The standard InChI is InChI=1S/Ca.H3O4P.H2O4S.2H2O/c;2*1-5(2,3)4;;/h;(H3,1,2,3,4);(H2,1,2,3,4);2*1H2/q+2;;;;/p-2. The Kier molecular flexibility index (Phi) is 25.3. The third-order valence-electron chi connectivity index (χ3n) is 0. The van der Waals surface area contributed by atoms with E-state index in [-0.39, 0.29) is 48.7 Å². The second kappa shape index (κ2) is 11.2. The first-order chi connectivity index (χ1) is 4.00. The van der Waals surface area contributed by atoms with E-state index in [4.69, 9.17) is 36.8 Å². The molecule has 0 aromatic rings. The van der Waals surface area contributed by atoms with Crippen LogP contribution in [0.1, 0.15) is 0 Å². The van der Waals surface area contributed by atoms with Crippen molar-refractivity contribution in [1.82, 2.24) is 0 Å². The van der Waals surface area contributed by atoms with Crippen LogP contribution >= 0.6 is 7.82 Å². The molecule has 13 heavy (non-hydrogen) atoms. The second-order valence-electron chi connectivity index (χ2n) is 0.922. The van der Waals surface area contributed by atoms with Crippen molar-refractivity contribution in [2.45, 2.75) is 0 Å². The molecule has 0 aliphatic carbocycles. The van der Waals surface area contributed by atoms with Crippen molar-refractivity contribution in [3.05, 3.63) is 0 Å². The Labute approximate surface area is 103 Å². The van der Waals surface area contributed by atoms with Gasteiger partial charge in [-0.25, -0.2) is 4.57 Å². The number of rotatable bonds is 0. The maximum absolute atomic E-state index is 8.88. The summed E-state index contributed by atoms with van der Waals surface area (Å²) in [6.07, 6.45) is 0. The van der Waals surface area contributed by atoms with Crippen molar-refractivity contribution in [2.24, 2.45) is 0 Å². The van der Waals surface area contributed by atoms with Gasteiger partial charge in [-0.3, -0.25) is 8.42 Å². The predicted octanol–water partition coefficient (Wildman–Crippen LogP) is -4.30. The van der Waals surface area contributed by atoms with Crippen molar-refractivity contribution in [2.75, 3.05) is 0 Å². The average Bonchev–Trinajstić information content (AvgIpc) is 1.12. The fourth-order valence-corrected chi connectivity index (χ4v) is 0. The maximum atomic E-state index is 8.88. The molecule has 0 rings (SSSR count). The van der Waals surface area contributed by atoms with Crippen LogP contribution in [0.4, 0.5) is 0 Å². The number of hydrogen-bond acceptors (Lipinski definition) is 5. The van der Waals surface area contributed by atoms with Gasteiger partial charge < -0.3 is 34.7 Å². The van der Waals surface area contributed by atoms with Crippen molar-refractivity contribution in [3.8, 4) is 0 Å². The van der Waals surface area contributed by atoms with Crippen molar-refractivity contribution >= 4 is 56.0 Å². The van der Waals surface area contributed by atoms with Crippen LogP contribution in [-0.2, 0) is 15.0 Å². The first-order valence-electron chi connectivity index (χ1n) is 1.45. The Hall–Kier alpha value is 1.16. The summed E-state index contributed by atoms with van der Waals surface area (Å²) >= 11 is 0. The molecule has 10 nitrogen and oxygen atoms in total. The van der Waals surface area contributed by atoms with E-state index in [0.29, 0.717) is 0 Å². The minimum atomic E-state index is -5.17. The topological polar surface area (TPSA) is 221 Å². The van der Waals surface area contributed by atoms with Crippen molar-refractivity contribution in [1.29, 1.82) is 0 Å². The summed E-state index contributed by atoms with van der Waals surface area (Å²) in [4.78, 5) is 21.6. The van der Waals surface area contributed by atoms with Gasteiger partial charge in [-0.1, -0.05) is 0 Å². The van der Waals surface area contributed by atoms with Gasteiger partial charge in [-0.05, 0) is 0 Å². The molecule has 0 aromatic heterocycles. The molecule has 13 heteroatoms. The fourth-order valence-electron chi connectivity index (χ4n) is 0. The smallest absolute Gasteiger partial charge is 0.759 e. The quantitative estimate of drug-likeness (QED) is 0.168. The molecule has 80 valence electrons. The monoisotopic (exact) mass is 270 g/mol. The van der Waals surface area contributed by atoms with Crippen LogP contribution in [0, 0.1) is 0 Å². The molecule has 0 spiro atoms. The largest absolute Gasteiger partial charge is 2.00 e. The van der Waals surface area contributed by atoms with Crippen molar-refractivity contribution in [3.63, 3.8) is 0 Å². The molecule has 7 N–H and O–H groups in total. The van der Waals surface area contributed by atoms with E-state index < -0.39 is 18.2 Å². The van der Waals surface area contributed by atoms with Gasteiger partial charge in [0.25, 0.3) is 0 Å². The average molecular weight is 270 g/mol. The third-order valence-corrected chi connectivity index (χ3v) is 0. The van der Waals surface area contributed by atoms with Crippen LogP contribution in [-0.4, -0.2) is 80.9 Å². The molecule has 0 saturated carbocycles. The van der Waals surface area contributed by atoms with Crippen molar-refractivity contribution < 1.29 is 47.7 Å². The molecule has 0 fully saturated rings. The molecule has 0 amide bonds. The molecule has 0 aliphatic rings. The maximum Gasteiger partial charge on any atom is 2.00 e. The molecule has 0 heterocycles. The van der Waals surface area contributed by atoms with E-state index >= 15 is 0 Å². The number of hydrogen-bond donors (Lipinski definition) is 3. The Balaban J connectivity index is -0.0000000267.